The molecule has 0 fully saturated rings. The van der Waals surface area contributed by atoms with E-state index < -0.39 is 0 Å². The lowest BCUT2D eigenvalue weighted by atomic mass is 10.0. The van der Waals surface area contributed by atoms with Gasteiger partial charge in [-0.15, -0.1) is 0 Å². The van der Waals surface area contributed by atoms with Gasteiger partial charge in [0.2, 0.25) is 0 Å². The second-order valence-electron chi connectivity index (χ2n) is 4.42. The predicted octanol–water partition coefficient (Wildman–Crippen LogP) is 4.04. The van der Waals surface area contributed by atoms with Crippen LogP contribution in [-0.4, -0.2) is 26.6 Å². The molecule has 3 nitrogen and oxygen atoms in total. The van der Waals surface area contributed by atoms with E-state index in [1.54, 1.807) is 20.3 Å². The molecule has 0 radical (unpaired) electrons. The summed E-state index contributed by atoms with van der Waals surface area (Å²) >= 11 is 12.2. The smallest absolute Gasteiger partial charge is 0.171 e. The average Bonchev–Trinajstić information content (AvgIpc) is 2.38. The van der Waals surface area contributed by atoms with Crippen LogP contribution >= 0.6 is 23.2 Å². The molecule has 19 heavy (non-hydrogen) atoms. The van der Waals surface area contributed by atoms with Gasteiger partial charge < -0.3 is 14.8 Å². The number of benzene rings is 1. The van der Waals surface area contributed by atoms with Crippen molar-refractivity contribution in [1.29, 1.82) is 0 Å². The zero-order valence-electron chi connectivity index (χ0n) is 11.7. The molecule has 1 N–H and O–H groups in total. The standard InChI is InChI=1S/C14H21Cl2NO2/c1-5-13(17-9(2)14(18-3)19-4)11-7-6-10(15)8-12(11)16/h6-9,13-14,17H,5H2,1-4H3. The highest BCUT2D eigenvalue weighted by molar-refractivity contribution is 6.35. The maximum absolute atomic E-state index is 6.25. The Morgan fingerprint density at radius 3 is 2.32 bits per heavy atom. The van der Waals surface area contributed by atoms with E-state index in [0.29, 0.717) is 10.0 Å². The fourth-order valence-corrected chi connectivity index (χ4v) is 2.65. The van der Waals surface area contributed by atoms with Crippen LogP contribution in [0.4, 0.5) is 0 Å². The van der Waals surface area contributed by atoms with Crippen LogP contribution < -0.4 is 5.32 Å². The summed E-state index contributed by atoms with van der Waals surface area (Å²) in [6.07, 6.45) is 0.617. The number of methoxy groups -OCH3 is 2. The van der Waals surface area contributed by atoms with Gasteiger partial charge in [-0.3, -0.25) is 0 Å². The molecule has 5 heteroatoms. The second kappa shape index (κ2) is 8.08. The molecule has 0 aliphatic heterocycles. The normalized spacial score (nSPS) is 14.7. The van der Waals surface area contributed by atoms with E-state index in [-0.39, 0.29) is 18.4 Å². The highest BCUT2D eigenvalue weighted by Crippen LogP contribution is 2.28. The summed E-state index contributed by atoms with van der Waals surface area (Å²) in [6.45, 7) is 4.12. The Morgan fingerprint density at radius 1 is 1.21 bits per heavy atom. The van der Waals surface area contributed by atoms with E-state index in [2.05, 4.69) is 12.2 Å². The molecule has 0 saturated carbocycles. The van der Waals surface area contributed by atoms with E-state index in [4.69, 9.17) is 32.7 Å². The third-order valence-electron chi connectivity index (χ3n) is 3.08. The fraction of sp³-hybridized carbons (Fsp3) is 0.571. The molecule has 0 bridgehead atoms. The first-order chi connectivity index (χ1) is 9.03. The second-order valence-corrected chi connectivity index (χ2v) is 5.27. The maximum Gasteiger partial charge on any atom is 0.171 e. The van der Waals surface area contributed by atoms with E-state index in [1.807, 2.05) is 19.1 Å². The first-order valence-corrected chi connectivity index (χ1v) is 7.05. The molecule has 2 atom stereocenters. The minimum atomic E-state index is -0.292. The number of nitrogens with one attached hydrogen (secondary N) is 1. The Hall–Kier alpha value is -0.320. The van der Waals surface area contributed by atoms with Crippen molar-refractivity contribution in [2.75, 3.05) is 14.2 Å². The lowest BCUT2D eigenvalue weighted by Crippen LogP contribution is -2.41. The van der Waals surface area contributed by atoms with Crippen LogP contribution in [0.15, 0.2) is 18.2 Å². The maximum atomic E-state index is 6.25. The van der Waals surface area contributed by atoms with Gasteiger partial charge in [0.1, 0.15) is 0 Å². The zero-order valence-corrected chi connectivity index (χ0v) is 13.3. The quantitative estimate of drug-likeness (QED) is 0.771. The highest BCUT2D eigenvalue weighted by Gasteiger charge is 2.21. The van der Waals surface area contributed by atoms with Crippen molar-refractivity contribution in [2.45, 2.75) is 38.6 Å². The minimum absolute atomic E-state index is 0.0479. The summed E-state index contributed by atoms with van der Waals surface area (Å²) in [6, 6.07) is 5.74. The van der Waals surface area contributed by atoms with Gasteiger partial charge in [-0.1, -0.05) is 36.2 Å². The molecule has 1 aromatic carbocycles. The molecule has 0 saturated heterocycles. The molecular weight excluding hydrogens is 285 g/mol. The molecule has 0 spiro atoms. The van der Waals surface area contributed by atoms with Gasteiger partial charge in [0.25, 0.3) is 0 Å². The van der Waals surface area contributed by atoms with Crippen molar-refractivity contribution < 1.29 is 9.47 Å². The highest BCUT2D eigenvalue weighted by atomic mass is 35.5. The van der Waals surface area contributed by atoms with Crippen molar-refractivity contribution in [3.8, 4) is 0 Å². The van der Waals surface area contributed by atoms with Gasteiger partial charge in [0.15, 0.2) is 6.29 Å². The van der Waals surface area contributed by atoms with Crippen LogP contribution in [0.2, 0.25) is 10.0 Å². The van der Waals surface area contributed by atoms with E-state index in [9.17, 15) is 0 Å². The molecule has 0 aliphatic carbocycles. The molecular formula is C14H21Cl2NO2. The van der Waals surface area contributed by atoms with Crippen LogP contribution in [0.1, 0.15) is 31.9 Å². The van der Waals surface area contributed by atoms with Crippen LogP contribution in [-0.2, 0) is 9.47 Å². The Kier molecular flexibility index (Phi) is 7.11. The monoisotopic (exact) mass is 305 g/mol. The molecule has 0 aromatic heterocycles. The van der Waals surface area contributed by atoms with Gasteiger partial charge in [-0.2, -0.15) is 0 Å². The predicted molar refractivity (Wildman–Crippen MR) is 79.9 cm³/mol. The van der Waals surface area contributed by atoms with Crippen molar-refractivity contribution in [2.24, 2.45) is 0 Å². The number of ether oxygens (including phenoxy) is 2. The van der Waals surface area contributed by atoms with Gasteiger partial charge >= 0.3 is 0 Å². The topological polar surface area (TPSA) is 30.5 Å². The minimum Gasteiger partial charge on any atom is -0.354 e. The lowest BCUT2D eigenvalue weighted by Gasteiger charge is -2.28. The van der Waals surface area contributed by atoms with E-state index in [1.165, 1.54) is 0 Å². The van der Waals surface area contributed by atoms with Crippen molar-refractivity contribution >= 4 is 23.2 Å². The molecule has 0 amide bonds. The number of hydrogen-bond donors (Lipinski definition) is 1. The molecule has 0 heterocycles. The summed E-state index contributed by atoms with van der Waals surface area (Å²) in [4.78, 5) is 0. The largest absolute Gasteiger partial charge is 0.354 e. The van der Waals surface area contributed by atoms with Crippen LogP contribution in [0.5, 0.6) is 0 Å². The molecule has 1 aromatic rings. The number of rotatable bonds is 7. The van der Waals surface area contributed by atoms with Gasteiger partial charge in [0.05, 0.1) is 6.04 Å². The van der Waals surface area contributed by atoms with Crippen LogP contribution in [0.3, 0.4) is 0 Å². The van der Waals surface area contributed by atoms with E-state index in [0.717, 1.165) is 12.0 Å². The summed E-state index contributed by atoms with van der Waals surface area (Å²) in [5, 5.41) is 4.78. The Balaban J connectivity index is 2.83. The third kappa shape index (κ3) is 4.62. The molecule has 0 aliphatic rings. The molecule has 2 unspecified atom stereocenters. The van der Waals surface area contributed by atoms with Gasteiger partial charge in [-0.25, -0.2) is 0 Å². The number of halogens is 2. The Labute approximate surface area is 125 Å². The first kappa shape index (κ1) is 16.7. The fourth-order valence-electron chi connectivity index (χ4n) is 2.11. The molecule has 108 valence electrons. The summed E-state index contributed by atoms with van der Waals surface area (Å²) in [7, 11) is 3.26. The molecule has 1 rings (SSSR count). The first-order valence-electron chi connectivity index (χ1n) is 6.30. The summed E-state index contributed by atoms with van der Waals surface area (Å²) in [5.74, 6) is 0. The number of hydrogen-bond acceptors (Lipinski definition) is 3. The Morgan fingerprint density at radius 2 is 1.84 bits per heavy atom. The van der Waals surface area contributed by atoms with Crippen molar-refractivity contribution in [3.63, 3.8) is 0 Å². The zero-order chi connectivity index (χ0) is 14.4. The van der Waals surface area contributed by atoms with Crippen LogP contribution in [0.25, 0.3) is 0 Å². The average molecular weight is 306 g/mol. The summed E-state index contributed by atoms with van der Waals surface area (Å²) in [5.41, 5.74) is 1.03. The van der Waals surface area contributed by atoms with Crippen molar-refractivity contribution in [1.82, 2.24) is 5.32 Å². The SMILES string of the molecule is CCC(NC(C)C(OC)OC)c1ccc(Cl)cc1Cl. The summed E-state index contributed by atoms with van der Waals surface area (Å²) < 4.78 is 10.5. The van der Waals surface area contributed by atoms with Crippen molar-refractivity contribution in [3.05, 3.63) is 33.8 Å². The van der Waals surface area contributed by atoms with Gasteiger partial charge in [-0.05, 0) is 31.0 Å². The van der Waals surface area contributed by atoms with Crippen LogP contribution in [0, 0.1) is 0 Å². The van der Waals surface area contributed by atoms with Gasteiger partial charge in [0, 0.05) is 30.3 Å². The third-order valence-corrected chi connectivity index (χ3v) is 3.65. The van der Waals surface area contributed by atoms with E-state index >= 15 is 0 Å². The lowest BCUT2D eigenvalue weighted by molar-refractivity contribution is -0.121. The Bertz CT molecular complexity index is 397.